The number of amides is 1. The fraction of sp³-hybridized carbons (Fsp3) is 0.579. The number of rotatable bonds is 6. The average molecular weight is 333 g/mol. The van der Waals surface area contributed by atoms with Crippen LogP contribution >= 0.6 is 0 Å². The maximum absolute atomic E-state index is 11.9. The van der Waals surface area contributed by atoms with Crippen molar-refractivity contribution in [3.8, 4) is 5.75 Å². The Morgan fingerprint density at radius 3 is 2.46 bits per heavy atom. The monoisotopic (exact) mass is 333 g/mol. The number of nitrogens with zero attached hydrogens (tertiary/aromatic N) is 1. The summed E-state index contributed by atoms with van der Waals surface area (Å²) in [4.78, 5) is 24.8. The van der Waals surface area contributed by atoms with Crippen molar-refractivity contribution in [2.75, 3.05) is 26.8 Å². The molecule has 1 fully saturated rings. The molecular formula is C19H27NO4. The zero-order chi connectivity index (χ0) is 17.7. The molecule has 0 atom stereocenters. The van der Waals surface area contributed by atoms with Gasteiger partial charge in [0.2, 0.25) is 5.91 Å². The van der Waals surface area contributed by atoms with Crippen LogP contribution < -0.4 is 4.74 Å². The molecule has 1 amide bonds. The minimum absolute atomic E-state index is 0.00624. The van der Waals surface area contributed by atoms with Crippen molar-refractivity contribution in [2.45, 2.75) is 39.0 Å². The zero-order valence-electron chi connectivity index (χ0n) is 15.0. The Hall–Kier alpha value is -2.04. The quantitative estimate of drug-likeness (QED) is 0.751. The first-order valence-electron chi connectivity index (χ1n) is 8.38. The van der Waals surface area contributed by atoms with Crippen molar-refractivity contribution in [1.82, 2.24) is 4.90 Å². The molecule has 1 saturated heterocycles. The van der Waals surface area contributed by atoms with Crippen LogP contribution in [-0.2, 0) is 19.7 Å². The van der Waals surface area contributed by atoms with Crippen molar-refractivity contribution in [3.63, 3.8) is 0 Å². The Bertz CT molecular complexity index is 585. The normalized spacial score (nSPS) is 14.9. The van der Waals surface area contributed by atoms with Gasteiger partial charge >= 0.3 is 5.97 Å². The van der Waals surface area contributed by atoms with E-state index < -0.39 is 0 Å². The van der Waals surface area contributed by atoms with Crippen LogP contribution in [0.15, 0.2) is 24.3 Å². The molecule has 0 saturated carbocycles. The third-order valence-electron chi connectivity index (χ3n) is 4.25. The average Bonchev–Trinajstić information content (AvgIpc) is 2.50. The van der Waals surface area contributed by atoms with E-state index in [1.54, 1.807) is 4.90 Å². The molecule has 1 aromatic carbocycles. The van der Waals surface area contributed by atoms with E-state index in [1.807, 2.05) is 18.2 Å². The molecule has 24 heavy (non-hydrogen) atoms. The highest BCUT2D eigenvalue weighted by atomic mass is 16.5. The topological polar surface area (TPSA) is 55.8 Å². The Balaban J connectivity index is 1.77. The molecule has 1 aliphatic rings. The molecule has 0 unspecified atom stereocenters. The van der Waals surface area contributed by atoms with Crippen molar-refractivity contribution in [2.24, 2.45) is 5.92 Å². The number of likely N-dealkylation sites (tertiary alicyclic amines) is 1. The lowest BCUT2D eigenvalue weighted by atomic mass is 9.86. The molecule has 5 heteroatoms. The maximum atomic E-state index is 11.9. The minimum atomic E-state index is -0.345. The maximum Gasteiger partial charge on any atom is 0.306 e. The van der Waals surface area contributed by atoms with Crippen LogP contribution in [0.3, 0.4) is 0 Å². The summed E-state index contributed by atoms with van der Waals surface area (Å²) < 4.78 is 10.5. The van der Waals surface area contributed by atoms with Crippen LogP contribution in [0.2, 0.25) is 0 Å². The molecule has 5 nitrogen and oxygen atoms in total. The summed E-state index contributed by atoms with van der Waals surface area (Å²) in [5.74, 6) is 0.926. The molecular weight excluding hydrogens is 306 g/mol. The number of hydrogen-bond acceptors (Lipinski definition) is 4. The van der Waals surface area contributed by atoms with E-state index in [2.05, 4.69) is 31.6 Å². The summed E-state index contributed by atoms with van der Waals surface area (Å²) >= 11 is 0. The Morgan fingerprint density at radius 2 is 1.83 bits per heavy atom. The number of carbonyl (C=O) groups excluding carboxylic acids is 2. The van der Waals surface area contributed by atoms with E-state index in [0.29, 0.717) is 25.6 Å². The number of carbonyl (C=O) groups is 2. The van der Waals surface area contributed by atoms with Crippen LogP contribution in [0, 0.1) is 5.92 Å². The van der Waals surface area contributed by atoms with E-state index in [9.17, 15) is 9.59 Å². The molecule has 1 heterocycles. The van der Waals surface area contributed by atoms with E-state index in [0.717, 1.165) is 5.75 Å². The molecule has 0 spiro atoms. The second kappa shape index (κ2) is 7.69. The van der Waals surface area contributed by atoms with E-state index >= 15 is 0 Å². The number of hydrogen-bond donors (Lipinski definition) is 0. The molecule has 1 aromatic rings. The fourth-order valence-corrected chi connectivity index (χ4v) is 2.77. The fourth-order valence-electron chi connectivity index (χ4n) is 2.77. The van der Waals surface area contributed by atoms with Gasteiger partial charge in [-0.2, -0.15) is 0 Å². The van der Waals surface area contributed by atoms with Crippen LogP contribution in [0.25, 0.3) is 0 Å². The van der Waals surface area contributed by atoms with Crippen LogP contribution in [0.5, 0.6) is 5.75 Å². The predicted molar refractivity (Wildman–Crippen MR) is 92.0 cm³/mol. The SMILES string of the molecule is COC(=O)CCC(=O)N1CC(COc2ccccc2C(C)(C)C)C1. The van der Waals surface area contributed by atoms with Crippen molar-refractivity contribution >= 4 is 11.9 Å². The highest BCUT2D eigenvalue weighted by Gasteiger charge is 2.31. The smallest absolute Gasteiger partial charge is 0.306 e. The van der Waals surface area contributed by atoms with Gasteiger partial charge in [-0.3, -0.25) is 9.59 Å². The molecule has 1 aliphatic heterocycles. The Morgan fingerprint density at radius 1 is 1.17 bits per heavy atom. The third kappa shape index (κ3) is 4.73. The summed E-state index contributed by atoms with van der Waals surface area (Å²) in [5, 5.41) is 0. The molecule has 0 aromatic heterocycles. The number of para-hydroxylation sites is 1. The second-order valence-electron chi connectivity index (χ2n) is 7.30. The van der Waals surface area contributed by atoms with Gasteiger partial charge in [0.05, 0.1) is 20.1 Å². The lowest BCUT2D eigenvalue weighted by Gasteiger charge is -2.39. The van der Waals surface area contributed by atoms with Gasteiger partial charge in [-0.25, -0.2) is 0 Å². The van der Waals surface area contributed by atoms with E-state index in [-0.39, 0.29) is 30.1 Å². The summed E-state index contributed by atoms with van der Waals surface area (Å²) in [6.45, 7) is 8.49. The lowest BCUT2D eigenvalue weighted by molar-refractivity contribution is -0.145. The minimum Gasteiger partial charge on any atom is -0.493 e. The van der Waals surface area contributed by atoms with Gasteiger partial charge in [0.1, 0.15) is 5.75 Å². The van der Waals surface area contributed by atoms with Gasteiger partial charge in [0.25, 0.3) is 0 Å². The first kappa shape index (κ1) is 18.3. The summed E-state index contributed by atoms with van der Waals surface area (Å²) in [7, 11) is 1.33. The van der Waals surface area contributed by atoms with E-state index in [4.69, 9.17) is 4.74 Å². The first-order chi connectivity index (χ1) is 11.3. The predicted octanol–water partition coefficient (Wildman–Crippen LogP) is 2.77. The molecule has 2 rings (SSSR count). The molecule has 0 radical (unpaired) electrons. The first-order valence-corrected chi connectivity index (χ1v) is 8.38. The van der Waals surface area contributed by atoms with Crippen LogP contribution in [0.4, 0.5) is 0 Å². The Labute approximate surface area is 143 Å². The van der Waals surface area contributed by atoms with Gasteiger partial charge < -0.3 is 14.4 Å². The lowest BCUT2D eigenvalue weighted by Crippen LogP contribution is -2.52. The number of methoxy groups -OCH3 is 1. The number of esters is 1. The summed E-state index contributed by atoms with van der Waals surface area (Å²) in [6, 6.07) is 8.10. The zero-order valence-corrected chi connectivity index (χ0v) is 15.0. The van der Waals surface area contributed by atoms with Crippen molar-refractivity contribution in [3.05, 3.63) is 29.8 Å². The van der Waals surface area contributed by atoms with E-state index in [1.165, 1.54) is 12.7 Å². The standard InChI is InChI=1S/C19H27NO4/c1-19(2,3)15-7-5-6-8-16(15)24-13-14-11-20(12-14)17(21)9-10-18(22)23-4/h5-8,14H,9-13H2,1-4H3. The highest BCUT2D eigenvalue weighted by molar-refractivity contribution is 5.81. The number of benzene rings is 1. The largest absolute Gasteiger partial charge is 0.493 e. The van der Waals surface area contributed by atoms with Crippen molar-refractivity contribution < 1.29 is 19.1 Å². The molecule has 132 valence electrons. The second-order valence-corrected chi connectivity index (χ2v) is 7.30. The van der Waals surface area contributed by atoms with Crippen LogP contribution in [0.1, 0.15) is 39.2 Å². The number of ether oxygens (including phenoxy) is 2. The molecule has 0 bridgehead atoms. The van der Waals surface area contributed by atoms with Crippen LogP contribution in [-0.4, -0.2) is 43.6 Å². The van der Waals surface area contributed by atoms with Gasteiger partial charge in [0, 0.05) is 25.4 Å². The highest BCUT2D eigenvalue weighted by Crippen LogP contribution is 2.31. The summed E-state index contributed by atoms with van der Waals surface area (Å²) in [5.41, 5.74) is 1.22. The van der Waals surface area contributed by atoms with Crippen molar-refractivity contribution in [1.29, 1.82) is 0 Å². The molecule has 0 aliphatic carbocycles. The third-order valence-corrected chi connectivity index (χ3v) is 4.25. The van der Waals surface area contributed by atoms with Gasteiger partial charge in [-0.15, -0.1) is 0 Å². The van der Waals surface area contributed by atoms with Gasteiger partial charge in [0.15, 0.2) is 0 Å². The summed E-state index contributed by atoms with van der Waals surface area (Å²) in [6.07, 6.45) is 0.360. The Kier molecular flexibility index (Phi) is 5.86. The van der Waals surface area contributed by atoms with Gasteiger partial charge in [-0.05, 0) is 17.0 Å². The molecule has 0 N–H and O–H groups in total. The van der Waals surface area contributed by atoms with Gasteiger partial charge in [-0.1, -0.05) is 39.0 Å².